The summed E-state index contributed by atoms with van der Waals surface area (Å²) in [7, 11) is 0. The molecule has 0 aliphatic heterocycles. The molecular formula is C15H15FO2. The van der Waals surface area contributed by atoms with Crippen LogP contribution in [0, 0.1) is 12.7 Å². The molecule has 0 bridgehead atoms. The third kappa shape index (κ3) is 2.58. The third-order valence-electron chi connectivity index (χ3n) is 2.91. The fourth-order valence-electron chi connectivity index (χ4n) is 1.89. The van der Waals surface area contributed by atoms with Gasteiger partial charge in [-0.3, -0.25) is 0 Å². The van der Waals surface area contributed by atoms with Gasteiger partial charge in [-0.05, 0) is 18.6 Å². The molecule has 0 saturated carbocycles. The molecule has 94 valence electrons. The zero-order valence-corrected chi connectivity index (χ0v) is 10.0. The number of benzene rings is 2. The summed E-state index contributed by atoms with van der Waals surface area (Å²) in [6.45, 7) is 1.81. The van der Waals surface area contributed by atoms with Crippen molar-refractivity contribution in [2.24, 2.45) is 0 Å². The Bertz CT molecular complexity index is 525. The number of rotatable bonds is 3. The Morgan fingerprint density at radius 1 is 0.944 bits per heavy atom. The molecule has 0 heterocycles. The van der Waals surface area contributed by atoms with Crippen molar-refractivity contribution in [2.75, 3.05) is 0 Å². The maximum atomic E-state index is 13.6. The normalized spacial score (nSPS) is 14.2. The van der Waals surface area contributed by atoms with Crippen LogP contribution < -0.4 is 0 Å². The Hall–Kier alpha value is -1.71. The van der Waals surface area contributed by atoms with E-state index in [1.807, 2.05) is 13.0 Å². The molecule has 0 radical (unpaired) electrons. The smallest absolute Gasteiger partial charge is 0.129 e. The standard InChI is InChI=1S/C15H15FO2/c1-10-7-8-13(16)12(9-10)15(18)14(17)11-5-3-2-4-6-11/h2-9,14-15,17-18H,1H3. The minimum absolute atomic E-state index is 0.117. The number of aliphatic hydroxyl groups is 2. The highest BCUT2D eigenvalue weighted by Gasteiger charge is 2.22. The molecule has 2 unspecified atom stereocenters. The highest BCUT2D eigenvalue weighted by molar-refractivity contribution is 5.29. The molecular weight excluding hydrogens is 231 g/mol. The number of hydrogen-bond donors (Lipinski definition) is 2. The molecule has 18 heavy (non-hydrogen) atoms. The van der Waals surface area contributed by atoms with Gasteiger partial charge in [-0.25, -0.2) is 4.39 Å². The molecule has 2 N–H and O–H groups in total. The van der Waals surface area contributed by atoms with Gasteiger partial charge in [0.15, 0.2) is 0 Å². The van der Waals surface area contributed by atoms with Crippen LogP contribution in [0.4, 0.5) is 4.39 Å². The first kappa shape index (κ1) is 12.7. The van der Waals surface area contributed by atoms with Gasteiger partial charge in [0, 0.05) is 5.56 Å². The van der Waals surface area contributed by atoms with Crippen LogP contribution >= 0.6 is 0 Å². The first-order valence-corrected chi connectivity index (χ1v) is 5.76. The van der Waals surface area contributed by atoms with Crippen LogP contribution in [0.2, 0.25) is 0 Å². The minimum atomic E-state index is -1.27. The average molecular weight is 246 g/mol. The molecule has 0 saturated heterocycles. The Balaban J connectivity index is 2.31. The van der Waals surface area contributed by atoms with E-state index in [1.54, 1.807) is 36.4 Å². The fourth-order valence-corrected chi connectivity index (χ4v) is 1.89. The van der Waals surface area contributed by atoms with Crippen LogP contribution in [0.15, 0.2) is 48.5 Å². The van der Waals surface area contributed by atoms with Crippen LogP contribution in [-0.2, 0) is 0 Å². The van der Waals surface area contributed by atoms with Gasteiger partial charge in [0.05, 0.1) is 0 Å². The monoisotopic (exact) mass is 246 g/mol. The lowest BCUT2D eigenvalue weighted by molar-refractivity contribution is 0.0151. The first-order valence-electron chi connectivity index (χ1n) is 5.76. The summed E-state index contributed by atoms with van der Waals surface area (Å²) in [6, 6.07) is 13.2. The molecule has 2 aromatic carbocycles. The molecule has 0 spiro atoms. The lowest BCUT2D eigenvalue weighted by Crippen LogP contribution is -2.12. The molecule has 2 rings (SSSR count). The quantitative estimate of drug-likeness (QED) is 0.874. The van der Waals surface area contributed by atoms with Gasteiger partial charge in [0.2, 0.25) is 0 Å². The van der Waals surface area contributed by atoms with E-state index < -0.39 is 18.0 Å². The summed E-state index contributed by atoms with van der Waals surface area (Å²) in [6.07, 6.45) is -2.41. The summed E-state index contributed by atoms with van der Waals surface area (Å²) in [5.41, 5.74) is 1.52. The lowest BCUT2D eigenvalue weighted by atomic mass is 9.97. The van der Waals surface area contributed by atoms with E-state index >= 15 is 0 Å². The van der Waals surface area contributed by atoms with Gasteiger partial charge in [0.1, 0.15) is 18.0 Å². The zero-order chi connectivity index (χ0) is 13.1. The predicted molar refractivity (Wildman–Crippen MR) is 67.5 cm³/mol. The summed E-state index contributed by atoms with van der Waals surface area (Å²) in [5, 5.41) is 20.1. The zero-order valence-electron chi connectivity index (χ0n) is 10.0. The topological polar surface area (TPSA) is 40.5 Å². The molecule has 0 aromatic heterocycles. The van der Waals surface area contributed by atoms with E-state index in [2.05, 4.69) is 0 Å². The van der Waals surface area contributed by atoms with Crippen LogP contribution in [-0.4, -0.2) is 10.2 Å². The van der Waals surface area contributed by atoms with Crippen LogP contribution in [0.1, 0.15) is 28.9 Å². The van der Waals surface area contributed by atoms with Crippen molar-refractivity contribution in [3.8, 4) is 0 Å². The second-order valence-corrected chi connectivity index (χ2v) is 4.33. The predicted octanol–water partition coefficient (Wildman–Crippen LogP) is 2.90. The van der Waals surface area contributed by atoms with E-state index in [4.69, 9.17) is 0 Å². The van der Waals surface area contributed by atoms with Crippen LogP contribution in [0.5, 0.6) is 0 Å². The van der Waals surface area contributed by atoms with Crippen LogP contribution in [0.25, 0.3) is 0 Å². The molecule has 0 aliphatic carbocycles. The van der Waals surface area contributed by atoms with Gasteiger partial charge in [-0.15, -0.1) is 0 Å². The minimum Gasteiger partial charge on any atom is -0.385 e. The van der Waals surface area contributed by atoms with Crippen LogP contribution in [0.3, 0.4) is 0 Å². The van der Waals surface area contributed by atoms with Gasteiger partial charge in [0.25, 0.3) is 0 Å². The molecule has 0 aliphatic rings. The van der Waals surface area contributed by atoms with Crippen molar-refractivity contribution in [2.45, 2.75) is 19.1 Å². The Kier molecular flexibility index (Phi) is 3.75. The maximum absolute atomic E-state index is 13.6. The Labute approximate surface area is 105 Å². The number of aryl methyl sites for hydroxylation is 1. The number of aliphatic hydroxyl groups excluding tert-OH is 2. The van der Waals surface area contributed by atoms with Gasteiger partial charge in [-0.1, -0.05) is 48.0 Å². The van der Waals surface area contributed by atoms with Crippen molar-refractivity contribution in [1.29, 1.82) is 0 Å². The fraction of sp³-hybridized carbons (Fsp3) is 0.200. The van der Waals surface area contributed by atoms with Crippen molar-refractivity contribution < 1.29 is 14.6 Å². The summed E-state index contributed by atoms with van der Waals surface area (Å²) < 4.78 is 13.6. The van der Waals surface area contributed by atoms with Crippen molar-refractivity contribution in [3.63, 3.8) is 0 Å². The van der Waals surface area contributed by atoms with Gasteiger partial charge >= 0.3 is 0 Å². The molecule has 2 atom stereocenters. The third-order valence-corrected chi connectivity index (χ3v) is 2.91. The number of halogens is 1. The average Bonchev–Trinajstić information content (AvgIpc) is 2.41. The van der Waals surface area contributed by atoms with Gasteiger partial charge in [-0.2, -0.15) is 0 Å². The van der Waals surface area contributed by atoms with E-state index in [1.165, 1.54) is 6.07 Å². The van der Waals surface area contributed by atoms with E-state index in [0.717, 1.165) is 5.56 Å². The lowest BCUT2D eigenvalue weighted by Gasteiger charge is -2.19. The highest BCUT2D eigenvalue weighted by atomic mass is 19.1. The first-order chi connectivity index (χ1) is 8.59. The Morgan fingerprint density at radius 2 is 1.61 bits per heavy atom. The maximum Gasteiger partial charge on any atom is 0.129 e. The molecule has 2 aromatic rings. The van der Waals surface area contributed by atoms with Crippen molar-refractivity contribution in [1.82, 2.24) is 0 Å². The molecule has 2 nitrogen and oxygen atoms in total. The molecule has 0 amide bonds. The highest BCUT2D eigenvalue weighted by Crippen LogP contribution is 2.30. The SMILES string of the molecule is Cc1ccc(F)c(C(O)C(O)c2ccccc2)c1. The number of hydrogen-bond acceptors (Lipinski definition) is 2. The van der Waals surface area contributed by atoms with Gasteiger partial charge < -0.3 is 10.2 Å². The van der Waals surface area contributed by atoms with E-state index in [-0.39, 0.29) is 5.56 Å². The van der Waals surface area contributed by atoms with E-state index in [9.17, 15) is 14.6 Å². The largest absolute Gasteiger partial charge is 0.385 e. The molecule has 3 heteroatoms. The van der Waals surface area contributed by atoms with E-state index in [0.29, 0.717) is 5.56 Å². The Morgan fingerprint density at radius 3 is 2.28 bits per heavy atom. The second-order valence-electron chi connectivity index (χ2n) is 4.33. The summed E-state index contributed by atoms with van der Waals surface area (Å²) in [5.74, 6) is -0.511. The van der Waals surface area contributed by atoms with Crippen molar-refractivity contribution in [3.05, 3.63) is 71.0 Å². The summed E-state index contributed by atoms with van der Waals surface area (Å²) >= 11 is 0. The molecule has 0 fully saturated rings. The summed E-state index contributed by atoms with van der Waals surface area (Å²) in [4.78, 5) is 0. The second kappa shape index (κ2) is 5.29. The van der Waals surface area contributed by atoms with Crippen molar-refractivity contribution >= 4 is 0 Å².